The number of carbonyl (C=O) groups is 2. The largest absolute Gasteiger partial charge is 0.480 e. The van der Waals surface area contributed by atoms with E-state index in [0.717, 1.165) is 11.8 Å². The zero-order valence-corrected chi connectivity index (χ0v) is 12.7. The number of benzene rings is 2. The molecule has 0 bridgehead atoms. The predicted octanol–water partition coefficient (Wildman–Crippen LogP) is 4.16. The van der Waals surface area contributed by atoms with Gasteiger partial charge in [0, 0.05) is 6.42 Å². The highest BCUT2D eigenvalue weighted by atomic mass is 16.4. The fraction of sp³-hybridized carbons (Fsp3) is 0.368. The standard InChI is InChI=1S/C19H20O3/c1-2-19(18(21)22)11-10-14(12-17(19)20)16-9-5-7-13-6-3-4-8-15(13)16/h3-9,14H,2,10-12H2,1H3,(H,21,22). The fourth-order valence-electron chi connectivity index (χ4n) is 3.70. The average molecular weight is 296 g/mol. The number of rotatable bonds is 3. The first-order valence-electron chi connectivity index (χ1n) is 7.83. The summed E-state index contributed by atoms with van der Waals surface area (Å²) in [5.74, 6) is -0.958. The highest BCUT2D eigenvalue weighted by Gasteiger charge is 2.47. The minimum Gasteiger partial charge on any atom is -0.480 e. The van der Waals surface area contributed by atoms with Crippen LogP contribution in [-0.4, -0.2) is 16.9 Å². The topological polar surface area (TPSA) is 54.4 Å². The first kappa shape index (κ1) is 14.8. The second-order valence-corrected chi connectivity index (χ2v) is 6.17. The highest BCUT2D eigenvalue weighted by molar-refractivity contribution is 6.04. The summed E-state index contributed by atoms with van der Waals surface area (Å²) in [4.78, 5) is 24.1. The Morgan fingerprint density at radius 2 is 1.95 bits per heavy atom. The van der Waals surface area contributed by atoms with Gasteiger partial charge in [-0.1, -0.05) is 49.4 Å². The molecule has 2 aromatic rings. The van der Waals surface area contributed by atoms with Gasteiger partial charge in [0.2, 0.25) is 0 Å². The molecule has 1 aliphatic carbocycles. The zero-order valence-electron chi connectivity index (χ0n) is 12.7. The number of ketones is 1. The molecule has 2 aromatic carbocycles. The van der Waals surface area contributed by atoms with Crippen molar-refractivity contribution in [3.8, 4) is 0 Å². The number of carboxylic acids is 1. The van der Waals surface area contributed by atoms with Crippen molar-refractivity contribution >= 4 is 22.5 Å². The van der Waals surface area contributed by atoms with E-state index < -0.39 is 11.4 Å². The van der Waals surface area contributed by atoms with Crippen LogP contribution >= 0.6 is 0 Å². The van der Waals surface area contributed by atoms with Crippen molar-refractivity contribution in [3.63, 3.8) is 0 Å². The first-order chi connectivity index (χ1) is 10.6. The maximum atomic E-state index is 12.5. The van der Waals surface area contributed by atoms with Crippen molar-refractivity contribution < 1.29 is 14.7 Å². The Kier molecular flexibility index (Phi) is 3.73. The molecule has 3 heteroatoms. The van der Waals surface area contributed by atoms with Gasteiger partial charge in [0.15, 0.2) is 5.78 Å². The Bertz CT molecular complexity index is 729. The summed E-state index contributed by atoms with van der Waals surface area (Å²) in [6.45, 7) is 1.80. The number of hydrogen-bond acceptors (Lipinski definition) is 2. The van der Waals surface area contributed by atoms with E-state index in [1.165, 1.54) is 10.9 Å². The molecule has 114 valence electrons. The Balaban J connectivity index is 1.95. The Hall–Kier alpha value is -2.16. The quantitative estimate of drug-likeness (QED) is 0.865. The van der Waals surface area contributed by atoms with E-state index >= 15 is 0 Å². The molecule has 0 saturated heterocycles. The molecule has 0 aliphatic heterocycles. The summed E-state index contributed by atoms with van der Waals surface area (Å²) in [6, 6.07) is 14.3. The Morgan fingerprint density at radius 3 is 2.64 bits per heavy atom. The van der Waals surface area contributed by atoms with Crippen LogP contribution in [0.25, 0.3) is 10.8 Å². The number of carbonyl (C=O) groups excluding carboxylic acids is 1. The lowest BCUT2D eigenvalue weighted by atomic mass is 9.66. The Labute approximate surface area is 130 Å². The molecule has 3 nitrogen and oxygen atoms in total. The number of hydrogen-bond donors (Lipinski definition) is 1. The van der Waals surface area contributed by atoms with Gasteiger partial charge in [-0.3, -0.25) is 9.59 Å². The second-order valence-electron chi connectivity index (χ2n) is 6.17. The lowest BCUT2D eigenvalue weighted by Crippen LogP contribution is -2.42. The van der Waals surface area contributed by atoms with Crippen molar-refractivity contribution in [2.24, 2.45) is 5.41 Å². The lowest BCUT2D eigenvalue weighted by molar-refractivity contribution is -0.157. The minimum absolute atomic E-state index is 0.119. The van der Waals surface area contributed by atoms with E-state index in [1.54, 1.807) is 6.92 Å². The van der Waals surface area contributed by atoms with Gasteiger partial charge in [0.05, 0.1) is 0 Å². The van der Waals surface area contributed by atoms with Crippen LogP contribution in [0, 0.1) is 5.41 Å². The third kappa shape index (κ3) is 2.21. The van der Waals surface area contributed by atoms with E-state index in [9.17, 15) is 14.7 Å². The molecule has 1 saturated carbocycles. The van der Waals surface area contributed by atoms with Gasteiger partial charge in [0.25, 0.3) is 0 Å². The van der Waals surface area contributed by atoms with Crippen LogP contribution in [0.15, 0.2) is 42.5 Å². The fourth-order valence-corrected chi connectivity index (χ4v) is 3.70. The molecule has 2 unspecified atom stereocenters. The molecule has 0 amide bonds. The predicted molar refractivity (Wildman–Crippen MR) is 85.9 cm³/mol. The van der Waals surface area contributed by atoms with E-state index in [1.807, 2.05) is 18.2 Å². The normalized spacial score (nSPS) is 25.3. The molecular weight excluding hydrogens is 276 g/mol. The molecule has 0 spiro atoms. The molecule has 22 heavy (non-hydrogen) atoms. The van der Waals surface area contributed by atoms with Crippen LogP contribution in [0.4, 0.5) is 0 Å². The second kappa shape index (κ2) is 5.56. The van der Waals surface area contributed by atoms with Gasteiger partial charge in [0.1, 0.15) is 5.41 Å². The van der Waals surface area contributed by atoms with Crippen molar-refractivity contribution in [1.82, 2.24) is 0 Å². The highest BCUT2D eigenvalue weighted by Crippen LogP contribution is 2.44. The summed E-state index contributed by atoms with van der Waals surface area (Å²) in [6.07, 6.45) is 1.89. The Morgan fingerprint density at radius 1 is 1.23 bits per heavy atom. The van der Waals surface area contributed by atoms with Crippen molar-refractivity contribution in [3.05, 3.63) is 48.0 Å². The summed E-state index contributed by atoms with van der Waals surface area (Å²) in [5.41, 5.74) is 0.00250. The maximum Gasteiger partial charge on any atom is 0.317 e. The van der Waals surface area contributed by atoms with E-state index in [2.05, 4.69) is 24.3 Å². The SMILES string of the molecule is CCC1(C(=O)O)CCC(c2cccc3ccccc23)CC1=O. The summed E-state index contributed by atoms with van der Waals surface area (Å²) in [5, 5.41) is 11.8. The number of carboxylic acid groups (broad SMARTS) is 1. The molecule has 1 aliphatic rings. The number of fused-ring (bicyclic) bond motifs is 1. The molecule has 1 N–H and O–H groups in total. The minimum atomic E-state index is -1.17. The zero-order chi connectivity index (χ0) is 15.7. The third-order valence-electron chi connectivity index (χ3n) is 5.16. The molecule has 0 radical (unpaired) electrons. The van der Waals surface area contributed by atoms with Crippen molar-refractivity contribution in [2.45, 2.75) is 38.5 Å². The monoisotopic (exact) mass is 296 g/mol. The summed E-state index contributed by atoms with van der Waals surface area (Å²) < 4.78 is 0. The van der Waals surface area contributed by atoms with Gasteiger partial charge >= 0.3 is 5.97 Å². The molecule has 0 heterocycles. The first-order valence-corrected chi connectivity index (χ1v) is 7.83. The molecular formula is C19H20O3. The van der Waals surface area contributed by atoms with Crippen LogP contribution in [0.3, 0.4) is 0 Å². The van der Waals surface area contributed by atoms with Gasteiger partial charge < -0.3 is 5.11 Å². The van der Waals surface area contributed by atoms with Crippen LogP contribution < -0.4 is 0 Å². The molecule has 0 aromatic heterocycles. The number of Topliss-reactive ketones (excluding diaryl/α,β-unsaturated/α-hetero) is 1. The number of aliphatic carboxylic acids is 1. The van der Waals surface area contributed by atoms with Crippen LogP contribution in [0.2, 0.25) is 0 Å². The molecule has 3 rings (SSSR count). The van der Waals surface area contributed by atoms with Crippen LogP contribution in [0.5, 0.6) is 0 Å². The van der Waals surface area contributed by atoms with Gasteiger partial charge in [-0.2, -0.15) is 0 Å². The van der Waals surface area contributed by atoms with Gasteiger partial charge in [-0.25, -0.2) is 0 Å². The molecule has 2 atom stereocenters. The lowest BCUT2D eigenvalue weighted by Gasteiger charge is -2.35. The third-order valence-corrected chi connectivity index (χ3v) is 5.16. The van der Waals surface area contributed by atoms with Crippen LogP contribution in [-0.2, 0) is 9.59 Å². The van der Waals surface area contributed by atoms with Gasteiger partial charge in [-0.15, -0.1) is 0 Å². The molecule has 1 fully saturated rings. The van der Waals surface area contributed by atoms with Gasteiger partial charge in [-0.05, 0) is 41.5 Å². The van der Waals surface area contributed by atoms with Crippen molar-refractivity contribution in [2.75, 3.05) is 0 Å². The van der Waals surface area contributed by atoms with E-state index in [4.69, 9.17) is 0 Å². The summed E-state index contributed by atoms with van der Waals surface area (Å²) in [7, 11) is 0. The van der Waals surface area contributed by atoms with E-state index in [-0.39, 0.29) is 11.7 Å². The maximum absolute atomic E-state index is 12.5. The van der Waals surface area contributed by atoms with Crippen molar-refractivity contribution in [1.29, 1.82) is 0 Å². The smallest absolute Gasteiger partial charge is 0.317 e. The van der Waals surface area contributed by atoms with Crippen LogP contribution in [0.1, 0.15) is 44.1 Å². The summed E-state index contributed by atoms with van der Waals surface area (Å²) >= 11 is 0. The van der Waals surface area contributed by atoms with E-state index in [0.29, 0.717) is 19.3 Å². The average Bonchev–Trinajstić information content (AvgIpc) is 2.54.